The van der Waals surface area contributed by atoms with E-state index in [0.29, 0.717) is 6.10 Å². The van der Waals surface area contributed by atoms with Crippen molar-refractivity contribution in [3.8, 4) is 16.9 Å². The summed E-state index contributed by atoms with van der Waals surface area (Å²) in [7, 11) is 4.12. The SMILES string of the molecule is CNc1cccc(-c2cccc(OC3CCN(C)CC3)c2)c1. The first-order valence-corrected chi connectivity index (χ1v) is 7.98. The van der Waals surface area contributed by atoms with Crippen LogP contribution in [-0.4, -0.2) is 38.2 Å². The van der Waals surface area contributed by atoms with Crippen molar-refractivity contribution in [1.29, 1.82) is 0 Å². The van der Waals surface area contributed by atoms with Gasteiger partial charge in [-0.05, 0) is 55.3 Å². The standard InChI is InChI=1S/C19H24N2O/c1-20-17-7-3-5-15(13-17)16-6-4-8-19(14-16)22-18-9-11-21(2)12-10-18/h3-8,13-14,18,20H,9-12H2,1-2H3. The lowest BCUT2D eigenvalue weighted by Crippen LogP contribution is -2.35. The number of nitrogens with one attached hydrogen (secondary N) is 1. The molecule has 0 unspecified atom stereocenters. The Morgan fingerprint density at radius 3 is 2.41 bits per heavy atom. The monoisotopic (exact) mass is 296 g/mol. The van der Waals surface area contributed by atoms with Crippen molar-refractivity contribution in [2.75, 3.05) is 32.5 Å². The van der Waals surface area contributed by atoms with Crippen LogP contribution in [0.3, 0.4) is 0 Å². The molecule has 1 saturated heterocycles. The fourth-order valence-corrected chi connectivity index (χ4v) is 2.90. The molecule has 0 aromatic heterocycles. The zero-order valence-corrected chi connectivity index (χ0v) is 13.4. The Morgan fingerprint density at radius 1 is 1.00 bits per heavy atom. The number of hydrogen-bond acceptors (Lipinski definition) is 3. The topological polar surface area (TPSA) is 24.5 Å². The van der Waals surface area contributed by atoms with Gasteiger partial charge in [0.15, 0.2) is 0 Å². The van der Waals surface area contributed by atoms with E-state index in [2.05, 4.69) is 65.8 Å². The zero-order valence-electron chi connectivity index (χ0n) is 13.4. The molecule has 0 bridgehead atoms. The van der Waals surface area contributed by atoms with E-state index >= 15 is 0 Å². The van der Waals surface area contributed by atoms with Gasteiger partial charge in [0, 0.05) is 25.8 Å². The van der Waals surface area contributed by atoms with Crippen LogP contribution in [0.1, 0.15) is 12.8 Å². The molecule has 3 rings (SSSR count). The van der Waals surface area contributed by atoms with Gasteiger partial charge in [-0.2, -0.15) is 0 Å². The van der Waals surface area contributed by atoms with E-state index in [9.17, 15) is 0 Å². The maximum absolute atomic E-state index is 6.18. The highest BCUT2D eigenvalue weighted by atomic mass is 16.5. The molecule has 1 aliphatic heterocycles. The summed E-state index contributed by atoms with van der Waals surface area (Å²) in [6.07, 6.45) is 2.56. The summed E-state index contributed by atoms with van der Waals surface area (Å²) in [5.41, 5.74) is 3.53. The number of hydrogen-bond donors (Lipinski definition) is 1. The van der Waals surface area contributed by atoms with Crippen molar-refractivity contribution in [3.05, 3.63) is 48.5 Å². The molecule has 0 radical (unpaired) electrons. The molecule has 22 heavy (non-hydrogen) atoms. The van der Waals surface area contributed by atoms with Gasteiger partial charge in [-0.25, -0.2) is 0 Å². The van der Waals surface area contributed by atoms with Gasteiger partial charge in [0.05, 0.1) is 0 Å². The lowest BCUT2D eigenvalue weighted by Gasteiger charge is -2.29. The van der Waals surface area contributed by atoms with E-state index in [1.54, 1.807) is 0 Å². The molecule has 3 heteroatoms. The van der Waals surface area contributed by atoms with E-state index in [0.717, 1.165) is 37.4 Å². The first-order valence-electron chi connectivity index (χ1n) is 7.98. The lowest BCUT2D eigenvalue weighted by molar-refractivity contribution is 0.114. The Kier molecular flexibility index (Phi) is 4.64. The third-order valence-electron chi connectivity index (χ3n) is 4.29. The molecule has 0 amide bonds. The number of likely N-dealkylation sites (tertiary alicyclic amines) is 1. The minimum Gasteiger partial charge on any atom is -0.490 e. The van der Waals surface area contributed by atoms with Crippen molar-refractivity contribution < 1.29 is 4.74 Å². The quantitative estimate of drug-likeness (QED) is 0.927. The molecule has 1 heterocycles. The third-order valence-corrected chi connectivity index (χ3v) is 4.29. The van der Waals surface area contributed by atoms with Gasteiger partial charge in [-0.3, -0.25) is 0 Å². The maximum Gasteiger partial charge on any atom is 0.120 e. The second-order valence-electron chi connectivity index (χ2n) is 5.98. The summed E-state index contributed by atoms with van der Waals surface area (Å²) in [5, 5.41) is 3.19. The Hall–Kier alpha value is -2.00. The highest BCUT2D eigenvalue weighted by Crippen LogP contribution is 2.27. The van der Waals surface area contributed by atoms with Crippen LogP contribution in [0.4, 0.5) is 5.69 Å². The molecular weight excluding hydrogens is 272 g/mol. The number of benzene rings is 2. The summed E-state index contributed by atoms with van der Waals surface area (Å²) in [6, 6.07) is 16.9. The van der Waals surface area contributed by atoms with Crippen LogP contribution in [0.5, 0.6) is 5.75 Å². The average Bonchev–Trinajstić information content (AvgIpc) is 2.57. The highest BCUT2D eigenvalue weighted by molar-refractivity contribution is 5.69. The molecule has 2 aromatic carbocycles. The number of ether oxygens (including phenoxy) is 1. The van der Waals surface area contributed by atoms with Crippen molar-refractivity contribution in [2.24, 2.45) is 0 Å². The van der Waals surface area contributed by atoms with Crippen LogP contribution in [0.2, 0.25) is 0 Å². The minimum atomic E-state index is 0.343. The van der Waals surface area contributed by atoms with Gasteiger partial charge in [-0.1, -0.05) is 24.3 Å². The van der Waals surface area contributed by atoms with Crippen LogP contribution in [0, 0.1) is 0 Å². The molecule has 0 spiro atoms. The predicted octanol–water partition coefficient (Wildman–Crippen LogP) is 3.87. The maximum atomic E-state index is 6.18. The van der Waals surface area contributed by atoms with Gasteiger partial charge in [0.2, 0.25) is 0 Å². The lowest BCUT2D eigenvalue weighted by atomic mass is 10.0. The van der Waals surface area contributed by atoms with Gasteiger partial charge in [0.1, 0.15) is 11.9 Å². The fraction of sp³-hybridized carbons (Fsp3) is 0.368. The van der Waals surface area contributed by atoms with E-state index in [4.69, 9.17) is 4.74 Å². The highest BCUT2D eigenvalue weighted by Gasteiger charge is 2.18. The number of nitrogens with zero attached hydrogens (tertiary/aromatic N) is 1. The number of anilines is 1. The fourth-order valence-electron chi connectivity index (χ4n) is 2.90. The van der Waals surface area contributed by atoms with Crippen molar-refractivity contribution >= 4 is 5.69 Å². The van der Waals surface area contributed by atoms with Crippen LogP contribution in [0.15, 0.2) is 48.5 Å². The van der Waals surface area contributed by atoms with Crippen LogP contribution in [0.25, 0.3) is 11.1 Å². The number of rotatable bonds is 4. The molecule has 2 aromatic rings. The molecule has 3 nitrogen and oxygen atoms in total. The van der Waals surface area contributed by atoms with Gasteiger partial charge >= 0.3 is 0 Å². The smallest absolute Gasteiger partial charge is 0.120 e. The largest absolute Gasteiger partial charge is 0.490 e. The minimum absolute atomic E-state index is 0.343. The normalized spacial score (nSPS) is 16.5. The molecule has 0 aliphatic carbocycles. The summed E-state index contributed by atoms with van der Waals surface area (Å²) in [4.78, 5) is 2.36. The summed E-state index contributed by atoms with van der Waals surface area (Å²) < 4.78 is 6.18. The van der Waals surface area contributed by atoms with Crippen molar-refractivity contribution in [3.63, 3.8) is 0 Å². The molecule has 116 valence electrons. The summed E-state index contributed by atoms with van der Waals surface area (Å²) >= 11 is 0. The van der Waals surface area contributed by atoms with Crippen molar-refractivity contribution in [1.82, 2.24) is 4.90 Å². The zero-order chi connectivity index (χ0) is 15.4. The molecule has 1 fully saturated rings. The Labute approximate surface area is 132 Å². The third kappa shape index (κ3) is 3.60. The van der Waals surface area contributed by atoms with Gasteiger partial charge in [-0.15, -0.1) is 0 Å². The first kappa shape index (κ1) is 14.9. The second-order valence-corrected chi connectivity index (χ2v) is 5.98. The van der Waals surface area contributed by atoms with Crippen LogP contribution in [-0.2, 0) is 0 Å². The van der Waals surface area contributed by atoms with E-state index in [1.807, 2.05) is 7.05 Å². The second kappa shape index (κ2) is 6.84. The molecule has 0 saturated carbocycles. The van der Waals surface area contributed by atoms with Crippen LogP contribution >= 0.6 is 0 Å². The number of piperidine rings is 1. The van der Waals surface area contributed by atoms with Gasteiger partial charge < -0.3 is 15.0 Å². The Balaban J connectivity index is 1.74. The summed E-state index contributed by atoms with van der Waals surface area (Å²) in [5.74, 6) is 0.974. The molecule has 0 atom stereocenters. The predicted molar refractivity (Wildman–Crippen MR) is 92.6 cm³/mol. The summed E-state index contributed by atoms with van der Waals surface area (Å²) in [6.45, 7) is 2.24. The Morgan fingerprint density at radius 2 is 1.68 bits per heavy atom. The van der Waals surface area contributed by atoms with E-state index < -0.39 is 0 Å². The first-order chi connectivity index (χ1) is 10.7. The Bertz CT molecular complexity index is 618. The molecule has 1 N–H and O–H groups in total. The molecular formula is C19H24N2O. The average molecular weight is 296 g/mol. The van der Waals surface area contributed by atoms with E-state index in [-0.39, 0.29) is 0 Å². The van der Waals surface area contributed by atoms with Gasteiger partial charge in [0.25, 0.3) is 0 Å². The van der Waals surface area contributed by atoms with Crippen LogP contribution < -0.4 is 10.1 Å². The van der Waals surface area contributed by atoms with Crippen molar-refractivity contribution in [2.45, 2.75) is 18.9 Å². The molecule has 1 aliphatic rings. The van der Waals surface area contributed by atoms with E-state index in [1.165, 1.54) is 11.1 Å².